The van der Waals surface area contributed by atoms with E-state index in [1.807, 2.05) is 4.90 Å². The third-order valence-electron chi connectivity index (χ3n) is 6.17. The number of rotatable bonds is 7. The molecule has 2 aliphatic heterocycles. The number of sulfone groups is 1. The van der Waals surface area contributed by atoms with Gasteiger partial charge in [0.1, 0.15) is 16.5 Å². The highest BCUT2D eigenvalue weighted by Gasteiger charge is 2.30. The van der Waals surface area contributed by atoms with Crippen molar-refractivity contribution in [3.05, 3.63) is 46.0 Å². The number of nitrogens with zero attached hydrogens (tertiary/aromatic N) is 5. The molecule has 37 heavy (non-hydrogen) atoms. The maximum absolute atomic E-state index is 12.1. The zero-order chi connectivity index (χ0) is 26.3. The Kier molecular flexibility index (Phi) is 6.45. The second-order valence-electron chi connectivity index (χ2n) is 8.90. The molecule has 5 rings (SSSR count). The fourth-order valence-electron chi connectivity index (χ4n) is 4.40. The van der Waals surface area contributed by atoms with E-state index in [1.165, 1.54) is 6.26 Å². The minimum Gasteiger partial charge on any atom is -0.477 e. The van der Waals surface area contributed by atoms with Gasteiger partial charge in [-0.2, -0.15) is 9.97 Å². The highest BCUT2D eigenvalue weighted by atomic mass is 32.2. The summed E-state index contributed by atoms with van der Waals surface area (Å²) in [6.45, 7) is 4.09. The van der Waals surface area contributed by atoms with Gasteiger partial charge in [0.05, 0.1) is 17.1 Å². The SMILES string of the molecule is Cc1nc(Nc2nc(N3CCNC(=O)C3)c3c(n2)N(Cc2ccc(S(C)(=O)=O)cc2)CC3)sc1C(=O)O. The number of nitrogens with one attached hydrogen (secondary N) is 2. The third kappa shape index (κ3) is 5.20. The summed E-state index contributed by atoms with van der Waals surface area (Å²) in [5, 5.41) is 15.6. The van der Waals surface area contributed by atoms with Gasteiger partial charge in [-0.05, 0) is 31.0 Å². The number of hydrogen-bond donors (Lipinski definition) is 3. The molecule has 0 aliphatic carbocycles. The average Bonchev–Trinajstić information content (AvgIpc) is 3.41. The van der Waals surface area contributed by atoms with Gasteiger partial charge in [0.2, 0.25) is 11.9 Å². The van der Waals surface area contributed by atoms with Crippen LogP contribution in [0.3, 0.4) is 0 Å². The molecule has 194 valence electrons. The van der Waals surface area contributed by atoms with Crippen molar-refractivity contribution < 1.29 is 23.1 Å². The molecule has 0 unspecified atom stereocenters. The number of hydrogen-bond acceptors (Lipinski definition) is 11. The average molecular weight is 544 g/mol. The van der Waals surface area contributed by atoms with Gasteiger partial charge in [-0.15, -0.1) is 0 Å². The number of aromatic carboxylic acids is 1. The summed E-state index contributed by atoms with van der Waals surface area (Å²) in [6.07, 6.45) is 1.86. The summed E-state index contributed by atoms with van der Waals surface area (Å²) in [6, 6.07) is 6.77. The molecule has 4 heterocycles. The molecule has 14 heteroatoms. The number of thiazole rings is 1. The van der Waals surface area contributed by atoms with Gasteiger partial charge in [0.15, 0.2) is 15.0 Å². The number of carbonyl (C=O) groups excluding carboxylic acids is 1. The van der Waals surface area contributed by atoms with Crippen LogP contribution in [0.2, 0.25) is 0 Å². The normalized spacial score (nSPS) is 15.5. The van der Waals surface area contributed by atoms with Crippen LogP contribution in [0.15, 0.2) is 29.2 Å². The molecular weight excluding hydrogens is 518 g/mol. The summed E-state index contributed by atoms with van der Waals surface area (Å²) in [5.41, 5.74) is 2.25. The molecule has 3 aromatic rings. The smallest absolute Gasteiger partial charge is 0.347 e. The lowest BCUT2D eigenvalue weighted by Crippen LogP contribution is -2.48. The molecule has 2 aromatic heterocycles. The predicted octanol–water partition coefficient (Wildman–Crippen LogP) is 1.59. The Labute approximate surface area is 217 Å². The van der Waals surface area contributed by atoms with Crippen LogP contribution in [0.4, 0.5) is 22.7 Å². The molecule has 0 radical (unpaired) electrons. The number of anilines is 4. The number of aryl methyl sites for hydroxylation is 1. The number of piperazine rings is 1. The maximum Gasteiger partial charge on any atom is 0.347 e. The Morgan fingerprint density at radius 2 is 1.89 bits per heavy atom. The monoisotopic (exact) mass is 543 g/mol. The van der Waals surface area contributed by atoms with Gasteiger partial charge in [0, 0.05) is 38.0 Å². The first-order chi connectivity index (χ1) is 17.6. The number of carboxylic acids is 1. The van der Waals surface area contributed by atoms with E-state index in [0.29, 0.717) is 55.1 Å². The first-order valence-electron chi connectivity index (χ1n) is 11.5. The summed E-state index contributed by atoms with van der Waals surface area (Å²) >= 11 is 1.00. The number of fused-ring (bicyclic) bond motifs is 1. The van der Waals surface area contributed by atoms with Gasteiger partial charge in [-0.1, -0.05) is 23.5 Å². The van der Waals surface area contributed by atoms with E-state index in [1.54, 1.807) is 31.2 Å². The molecule has 0 saturated carbocycles. The molecule has 0 atom stereocenters. The van der Waals surface area contributed by atoms with Crippen molar-refractivity contribution in [1.82, 2.24) is 20.3 Å². The number of carbonyl (C=O) groups is 2. The summed E-state index contributed by atoms with van der Waals surface area (Å²) < 4.78 is 23.6. The molecule has 0 bridgehead atoms. The molecule has 1 fully saturated rings. The summed E-state index contributed by atoms with van der Waals surface area (Å²) in [7, 11) is -3.28. The van der Waals surface area contributed by atoms with Gasteiger partial charge < -0.3 is 20.2 Å². The lowest BCUT2D eigenvalue weighted by Gasteiger charge is -2.29. The van der Waals surface area contributed by atoms with E-state index < -0.39 is 15.8 Å². The summed E-state index contributed by atoms with van der Waals surface area (Å²) in [5.74, 6) is 0.479. The van der Waals surface area contributed by atoms with Crippen molar-refractivity contribution in [1.29, 1.82) is 0 Å². The van der Waals surface area contributed by atoms with E-state index >= 15 is 0 Å². The highest BCUT2D eigenvalue weighted by Crippen LogP contribution is 2.36. The van der Waals surface area contributed by atoms with E-state index in [0.717, 1.165) is 22.5 Å². The van der Waals surface area contributed by atoms with Crippen LogP contribution >= 0.6 is 11.3 Å². The molecule has 12 nitrogen and oxygen atoms in total. The fourth-order valence-corrected chi connectivity index (χ4v) is 5.82. The van der Waals surface area contributed by atoms with Crippen LogP contribution < -0.4 is 20.4 Å². The summed E-state index contributed by atoms with van der Waals surface area (Å²) in [4.78, 5) is 41.7. The topological polar surface area (TPSA) is 158 Å². The van der Waals surface area contributed by atoms with Gasteiger partial charge in [-0.3, -0.25) is 10.1 Å². The van der Waals surface area contributed by atoms with Crippen molar-refractivity contribution in [2.45, 2.75) is 24.8 Å². The van der Waals surface area contributed by atoms with Gasteiger partial charge in [0.25, 0.3) is 0 Å². The van der Waals surface area contributed by atoms with E-state index in [2.05, 4.69) is 20.5 Å². The zero-order valence-corrected chi connectivity index (χ0v) is 21.8. The van der Waals surface area contributed by atoms with Crippen molar-refractivity contribution in [3.63, 3.8) is 0 Å². The largest absolute Gasteiger partial charge is 0.477 e. The first kappa shape index (κ1) is 24.9. The van der Waals surface area contributed by atoms with Crippen molar-refractivity contribution >= 4 is 55.8 Å². The second kappa shape index (κ2) is 9.59. The second-order valence-corrected chi connectivity index (χ2v) is 11.9. The predicted molar refractivity (Wildman–Crippen MR) is 139 cm³/mol. The Bertz CT molecular complexity index is 1490. The number of carboxylic acid groups (broad SMARTS) is 1. The van der Waals surface area contributed by atoms with Crippen LogP contribution in [0, 0.1) is 6.92 Å². The van der Waals surface area contributed by atoms with Crippen LogP contribution in [-0.2, 0) is 27.6 Å². The fraction of sp³-hybridized carbons (Fsp3) is 0.348. The third-order valence-corrected chi connectivity index (χ3v) is 8.36. The van der Waals surface area contributed by atoms with E-state index in [9.17, 15) is 23.1 Å². The number of amides is 1. The Morgan fingerprint density at radius 1 is 1.16 bits per heavy atom. The van der Waals surface area contributed by atoms with Crippen molar-refractivity contribution in [2.24, 2.45) is 0 Å². The van der Waals surface area contributed by atoms with E-state index in [-0.39, 0.29) is 28.2 Å². The Balaban J connectivity index is 1.49. The van der Waals surface area contributed by atoms with Crippen LogP contribution in [-0.4, -0.2) is 72.8 Å². The van der Waals surface area contributed by atoms with Crippen LogP contribution in [0.5, 0.6) is 0 Å². The number of benzene rings is 1. The standard InChI is InChI=1S/C23H25N7O5S2/c1-13-18(21(32)33)36-23(25-13)28-22-26-19-16(20(27-22)30-10-8-24-17(31)12-30)7-9-29(19)11-14-3-5-15(6-4-14)37(2,34)35/h3-6H,7-12H2,1-2H3,(H,24,31)(H,32,33)(H,25,26,27,28). The maximum atomic E-state index is 12.1. The minimum atomic E-state index is -3.28. The first-order valence-corrected chi connectivity index (χ1v) is 14.2. The van der Waals surface area contributed by atoms with Gasteiger partial charge >= 0.3 is 5.97 Å². The quantitative estimate of drug-likeness (QED) is 0.397. The highest BCUT2D eigenvalue weighted by molar-refractivity contribution is 7.90. The Hall–Kier alpha value is -3.78. The van der Waals surface area contributed by atoms with Crippen LogP contribution in [0.1, 0.15) is 26.5 Å². The van der Waals surface area contributed by atoms with E-state index in [4.69, 9.17) is 9.97 Å². The molecular formula is C23H25N7O5S2. The van der Waals surface area contributed by atoms with Crippen molar-refractivity contribution in [2.75, 3.05) is 47.6 Å². The minimum absolute atomic E-state index is 0.0874. The molecule has 1 saturated heterocycles. The lowest BCUT2D eigenvalue weighted by atomic mass is 10.2. The molecule has 0 spiro atoms. The molecule has 3 N–H and O–H groups in total. The molecule has 1 amide bonds. The van der Waals surface area contributed by atoms with Crippen LogP contribution in [0.25, 0.3) is 0 Å². The van der Waals surface area contributed by atoms with Crippen molar-refractivity contribution in [3.8, 4) is 0 Å². The molecule has 1 aromatic carbocycles. The number of aromatic nitrogens is 3. The Morgan fingerprint density at radius 3 is 2.54 bits per heavy atom. The zero-order valence-electron chi connectivity index (χ0n) is 20.2. The molecule has 2 aliphatic rings. The van der Waals surface area contributed by atoms with Gasteiger partial charge in [-0.25, -0.2) is 18.2 Å². The lowest BCUT2D eigenvalue weighted by molar-refractivity contribution is -0.120.